The van der Waals surface area contributed by atoms with E-state index in [4.69, 9.17) is 0 Å². The number of esters is 1. The minimum atomic E-state index is -3.43. The molecule has 0 heterocycles. The minimum Gasteiger partial charge on any atom is -0.469 e. The number of sulfonamides is 1. The van der Waals surface area contributed by atoms with E-state index < -0.39 is 16.0 Å². The van der Waals surface area contributed by atoms with Crippen molar-refractivity contribution in [2.75, 3.05) is 12.9 Å². The highest BCUT2D eigenvalue weighted by Crippen LogP contribution is 2.23. The molecule has 20 heavy (non-hydrogen) atoms. The number of hydrogen-bond acceptors (Lipinski definition) is 4. The number of methoxy groups -OCH3 is 1. The van der Waals surface area contributed by atoms with Crippen LogP contribution in [0.15, 0.2) is 28.7 Å². The van der Waals surface area contributed by atoms with Crippen molar-refractivity contribution < 1.29 is 17.9 Å². The molecule has 0 spiro atoms. The van der Waals surface area contributed by atoms with E-state index in [0.29, 0.717) is 0 Å². The van der Waals surface area contributed by atoms with Crippen molar-refractivity contribution >= 4 is 31.9 Å². The first-order valence-corrected chi connectivity index (χ1v) is 8.61. The first-order valence-electron chi connectivity index (χ1n) is 6.17. The fraction of sp³-hybridized carbons (Fsp3) is 0.462. The summed E-state index contributed by atoms with van der Waals surface area (Å²) in [6.45, 7) is 1.78. The van der Waals surface area contributed by atoms with Crippen molar-refractivity contribution in [2.24, 2.45) is 0 Å². The zero-order valence-corrected chi connectivity index (χ0v) is 13.8. The van der Waals surface area contributed by atoms with Gasteiger partial charge >= 0.3 is 5.97 Å². The van der Waals surface area contributed by atoms with Crippen LogP contribution in [-0.4, -0.2) is 27.2 Å². The van der Waals surface area contributed by atoms with Crippen molar-refractivity contribution in [3.63, 3.8) is 0 Å². The van der Waals surface area contributed by atoms with Crippen molar-refractivity contribution in [3.05, 3.63) is 34.3 Å². The van der Waals surface area contributed by atoms with Crippen LogP contribution in [-0.2, 0) is 19.6 Å². The van der Waals surface area contributed by atoms with Crippen LogP contribution in [0.1, 0.15) is 31.4 Å². The van der Waals surface area contributed by atoms with Gasteiger partial charge in [-0.1, -0.05) is 34.1 Å². The molecule has 0 saturated carbocycles. The summed E-state index contributed by atoms with van der Waals surface area (Å²) in [6.07, 6.45) is 0.339. The summed E-state index contributed by atoms with van der Waals surface area (Å²) < 4.78 is 31.8. The van der Waals surface area contributed by atoms with E-state index in [1.807, 2.05) is 24.3 Å². The molecule has 112 valence electrons. The van der Waals surface area contributed by atoms with Gasteiger partial charge in [-0.2, -0.15) is 0 Å². The van der Waals surface area contributed by atoms with Crippen LogP contribution in [0.25, 0.3) is 0 Å². The fourth-order valence-electron chi connectivity index (χ4n) is 1.73. The number of benzene rings is 1. The Bertz CT molecular complexity index is 559. The molecular formula is C13H18BrNO4S. The quantitative estimate of drug-likeness (QED) is 0.754. The molecule has 0 aliphatic heterocycles. The molecule has 1 aromatic carbocycles. The molecule has 1 aromatic rings. The lowest BCUT2D eigenvalue weighted by molar-refractivity contribution is -0.140. The van der Waals surface area contributed by atoms with E-state index in [9.17, 15) is 13.2 Å². The zero-order chi connectivity index (χ0) is 15.2. The number of rotatable bonds is 7. The van der Waals surface area contributed by atoms with Gasteiger partial charge in [0.05, 0.1) is 12.9 Å². The largest absolute Gasteiger partial charge is 0.469 e. The minimum absolute atomic E-state index is 0.0980. The number of hydrogen-bond donors (Lipinski definition) is 1. The molecule has 0 saturated heterocycles. The van der Waals surface area contributed by atoms with Gasteiger partial charge < -0.3 is 4.74 Å². The Hall–Kier alpha value is -0.920. The normalized spacial score (nSPS) is 12.9. The van der Waals surface area contributed by atoms with Gasteiger partial charge in [0.25, 0.3) is 0 Å². The van der Waals surface area contributed by atoms with Gasteiger partial charge in [-0.05, 0) is 25.0 Å². The van der Waals surface area contributed by atoms with E-state index in [1.165, 1.54) is 7.11 Å². The predicted molar refractivity (Wildman–Crippen MR) is 80.7 cm³/mol. The van der Waals surface area contributed by atoms with Crippen molar-refractivity contribution in [2.45, 2.75) is 25.8 Å². The second-order valence-corrected chi connectivity index (χ2v) is 7.09. The van der Waals surface area contributed by atoms with Crippen LogP contribution in [0.2, 0.25) is 0 Å². The maximum absolute atomic E-state index is 11.9. The van der Waals surface area contributed by atoms with Gasteiger partial charge in [-0.25, -0.2) is 13.1 Å². The van der Waals surface area contributed by atoms with Gasteiger partial charge in [0.15, 0.2) is 0 Å². The Kier molecular flexibility index (Phi) is 6.64. The van der Waals surface area contributed by atoms with E-state index in [2.05, 4.69) is 25.4 Å². The molecule has 0 aliphatic rings. The standard InChI is InChI=1S/C13H18BrNO4S/c1-10(11-6-3-4-7-12(11)14)15-20(17,18)9-5-8-13(16)19-2/h3-4,6-7,10,15H,5,8-9H2,1-2H3/t10-/m1/s1. The van der Waals surface area contributed by atoms with E-state index in [0.717, 1.165) is 10.0 Å². The lowest BCUT2D eigenvalue weighted by Gasteiger charge is -2.15. The molecule has 0 aromatic heterocycles. The Labute approximate surface area is 127 Å². The third-order valence-electron chi connectivity index (χ3n) is 2.75. The fourth-order valence-corrected chi connectivity index (χ4v) is 3.66. The third kappa shape index (κ3) is 5.60. The highest BCUT2D eigenvalue weighted by Gasteiger charge is 2.17. The lowest BCUT2D eigenvalue weighted by atomic mass is 10.1. The summed E-state index contributed by atoms with van der Waals surface area (Å²) >= 11 is 3.39. The van der Waals surface area contributed by atoms with Crippen LogP contribution in [0.4, 0.5) is 0 Å². The second kappa shape index (κ2) is 7.75. The van der Waals surface area contributed by atoms with Crippen LogP contribution >= 0.6 is 15.9 Å². The van der Waals surface area contributed by atoms with Gasteiger partial charge in [0, 0.05) is 16.9 Å². The summed E-state index contributed by atoms with van der Waals surface area (Å²) in [5, 5.41) is 0. The molecule has 0 amide bonds. The number of nitrogens with one attached hydrogen (secondary N) is 1. The van der Waals surface area contributed by atoms with Crippen LogP contribution in [0.3, 0.4) is 0 Å². The van der Waals surface area contributed by atoms with Crippen molar-refractivity contribution in [3.8, 4) is 0 Å². The van der Waals surface area contributed by atoms with E-state index in [-0.39, 0.29) is 24.6 Å². The molecule has 1 atom stereocenters. The Morgan fingerprint density at radius 3 is 2.65 bits per heavy atom. The van der Waals surface area contributed by atoms with Gasteiger partial charge in [0.2, 0.25) is 10.0 Å². The predicted octanol–water partition coefficient (Wildman–Crippen LogP) is 2.38. The molecule has 5 nitrogen and oxygen atoms in total. The Balaban J connectivity index is 2.58. The summed E-state index contributed by atoms with van der Waals surface area (Å²) in [6, 6.07) is 7.09. The lowest BCUT2D eigenvalue weighted by Crippen LogP contribution is -2.29. The Morgan fingerprint density at radius 2 is 2.05 bits per heavy atom. The highest BCUT2D eigenvalue weighted by molar-refractivity contribution is 9.10. The van der Waals surface area contributed by atoms with Crippen LogP contribution in [0, 0.1) is 0 Å². The van der Waals surface area contributed by atoms with Crippen molar-refractivity contribution in [1.82, 2.24) is 4.72 Å². The molecule has 0 bridgehead atoms. The number of carbonyl (C=O) groups excluding carboxylic acids is 1. The van der Waals surface area contributed by atoms with Crippen LogP contribution < -0.4 is 4.72 Å². The molecule has 7 heteroatoms. The third-order valence-corrected chi connectivity index (χ3v) is 5.01. The zero-order valence-electron chi connectivity index (χ0n) is 11.4. The summed E-state index contributed by atoms with van der Waals surface area (Å²) in [4.78, 5) is 10.9. The SMILES string of the molecule is COC(=O)CCCS(=O)(=O)N[C@H](C)c1ccccc1Br. The summed E-state index contributed by atoms with van der Waals surface area (Å²) in [5.41, 5.74) is 0.865. The van der Waals surface area contributed by atoms with Gasteiger partial charge in [-0.15, -0.1) is 0 Å². The molecule has 0 unspecified atom stereocenters. The number of carbonyl (C=O) groups is 1. The average Bonchev–Trinajstić information content (AvgIpc) is 2.38. The maximum Gasteiger partial charge on any atom is 0.305 e. The topological polar surface area (TPSA) is 72.5 Å². The number of halogens is 1. The van der Waals surface area contributed by atoms with E-state index >= 15 is 0 Å². The smallest absolute Gasteiger partial charge is 0.305 e. The number of ether oxygens (including phenoxy) is 1. The van der Waals surface area contributed by atoms with Crippen LogP contribution in [0.5, 0.6) is 0 Å². The highest BCUT2D eigenvalue weighted by atomic mass is 79.9. The van der Waals surface area contributed by atoms with Gasteiger partial charge in [-0.3, -0.25) is 4.79 Å². The monoisotopic (exact) mass is 363 g/mol. The van der Waals surface area contributed by atoms with Gasteiger partial charge in [0.1, 0.15) is 0 Å². The summed E-state index contributed by atoms with van der Waals surface area (Å²) in [5.74, 6) is -0.504. The van der Waals surface area contributed by atoms with E-state index in [1.54, 1.807) is 6.92 Å². The molecular weight excluding hydrogens is 346 g/mol. The Morgan fingerprint density at radius 1 is 1.40 bits per heavy atom. The molecule has 1 rings (SSSR count). The molecule has 0 radical (unpaired) electrons. The first-order chi connectivity index (χ1) is 9.35. The van der Waals surface area contributed by atoms with Crippen molar-refractivity contribution in [1.29, 1.82) is 0 Å². The molecule has 1 N–H and O–H groups in total. The molecule has 0 aliphatic carbocycles. The molecule has 0 fully saturated rings. The first kappa shape index (κ1) is 17.1. The average molecular weight is 364 g/mol. The second-order valence-electron chi connectivity index (χ2n) is 4.36. The summed E-state index contributed by atoms with van der Waals surface area (Å²) in [7, 11) is -2.15. The maximum atomic E-state index is 11.9.